The summed E-state index contributed by atoms with van der Waals surface area (Å²) in [4.78, 5) is 2.41. The van der Waals surface area contributed by atoms with E-state index < -0.39 is 0 Å². The van der Waals surface area contributed by atoms with E-state index in [-0.39, 0.29) is 0 Å². The smallest absolute Gasteiger partial charge is 0.0600 e. The molecular formula is C13H28N2O. The molecular weight excluding hydrogens is 200 g/mol. The van der Waals surface area contributed by atoms with Crippen molar-refractivity contribution >= 4 is 0 Å². The molecule has 1 saturated heterocycles. The Kier molecular flexibility index (Phi) is 7.01. The first-order chi connectivity index (χ1) is 7.74. The number of piperidine rings is 1. The van der Waals surface area contributed by atoms with Crippen LogP contribution in [0.1, 0.15) is 39.5 Å². The summed E-state index contributed by atoms with van der Waals surface area (Å²) in [6.45, 7) is 8.73. The third kappa shape index (κ3) is 5.28. The van der Waals surface area contributed by atoms with E-state index in [0.29, 0.717) is 12.1 Å². The number of ether oxygens (including phenoxy) is 1. The molecule has 1 unspecified atom stereocenters. The molecule has 1 heterocycles. The number of likely N-dealkylation sites (N-methyl/N-ethyl adjacent to an activating group) is 1. The second kappa shape index (κ2) is 8.04. The summed E-state index contributed by atoms with van der Waals surface area (Å²) >= 11 is 0. The van der Waals surface area contributed by atoms with Gasteiger partial charge in [0.15, 0.2) is 0 Å². The third-order valence-corrected chi connectivity index (χ3v) is 3.54. The van der Waals surface area contributed by atoms with Gasteiger partial charge in [0.2, 0.25) is 0 Å². The van der Waals surface area contributed by atoms with E-state index in [1.807, 2.05) is 0 Å². The monoisotopic (exact) mass is 228 g/mol. The first-order valence-electron chi connectivity index (χ1n) is 6.76. The first-order valence-corrected chi connectivity index (χ1v) is 6.76. The van der Waals surface area contributed by atoms with Crippen molar-refractivity contribution in [3.8, 4) is 0 Å². The number of hydrogen-bond donors (Lipinski definition) is 1. The summed E-state index contributed by atoms with van der Waals surface area (Å²) in [5, 5.41) is 3.36. The van der Waals surface area contributed by atoms with Crippen LogP contribution in [0.15, 0.2) is 0 Å². The van der Waals surface area contributed by atoms with E-state index in [2.05, 4.69) is 31.1 Å². The largest absolute Gasteiger partial charge is 0.377 e. The summed E-state index contributed by atoms with van der Waals surface area (Å²) in [6, 6.07) is 0.682. The Labute approximate surface area is 101 Å². The highest BCUT2D eigenvalue weighted by Gasteiger charge is 2.14. The van der Waals surface area contributed by atoms with Crippen molar-refractivity contribution in [2.75, 3.05) is 33.3 Å². The fourth-order valence-electron chi connectivity index (χ4n) is 2.18. The molecule has 0 bridgehead atoms. The summed E-state index contributed by atoms with van der Waals surface area (Å²) in [7, 11) is 2.20. The maximum Gasteiger partial charge on any atom is 0.0600 e. The van der Waals surface area contributed by atoms with Gasteiger partial charge < -0.3 is 15.0 Å². The van der Waals surface area contributed by atoms with E-state index in [0.717, 1.165) is 26.2 Å². The van der Waals surface area contributed by atoms with Crippen LogP contribution in [0.2, 0.25) is 0 Å². The van der Waals surface area contributed by atoms with E-state index >= 15 is 0 Å². The molecule has 0 amide bonds. The van der Waals surface area contributed by atoms with Crippen LogP contribution < -0.4 is 5.32 Å². The van der Waals surface area contributed by atoms with Crippen molar-refractivity contribution in [2.45, 2.75) is 51.7 Å². The molecule has 1 N–H and O–H groups in total. The van der Waals surface area contributed by atoms with Gasteiger partial charge in [-0.05, 0) is 46.3 Å². The molecule has 3 nitrogen and oxygen atoms in total. The van der Waals surface area contributed by atoms with Gasteiger partial charge in [-0.25, -0.2) is 0 Å². The Hall–Kier alpha value is -0.120. The normalized spacial score (nSPS) is 20.2. The molecule has 1 fully saturated rings. The Balaban J connectivity index is 2.04. The zero-order valence-electron chi connectivity index (χ0n) is 11.2. The predicted octanol–water partition coefficient (Wildman–Crippen LogP) is 1.88. The lowest BCUT2D eigenvalue weighted by Crippen LogP contribution is -2.36. The van der Waals surface area contributed by atoms with Crippen LogP contribution in [0.4, 0.5) is 0 Å². The van der Waals surface area contributed by atoms with Gasteiger partial charge in [-0.2, -0.15) is 0 Å². The molecule has 0 aromatic carbocycles. The minimum absolute atomic E-state index is 0.496. The highest BCUT2D eigenvalue weighted by molar-refractivity contribution is 4.69. The molecule has 1 rings (SSSR count). The molecule has 0 saturated carbocycles. The fourth-order valence-corrected chi connectivity index (χ4v) is 2.18. The molecule has 0 radical (unpaired) electrons. The van der Waals surface area contributed by atoms with Gasteiger partial charge >= 0.3 is 0 Å². The number of nitrogens with zero attached hydrogens (tertiary/aromatic N) is 1. The lowest BCUT2D eigenvalue weighted by atomic mass is 10.1. The predicted molar refractivity (Wildman–Crippen MR) is 68.8 cm³/mol. The number of rotatable bonds is 7. The average Bonchev–Trinajstić information content (AvgIpc) is 2.30. The number of hydrogen-bond acceptors (Lipinski definition) is 3. The van der Waals surface area contributed by atoms with Crippen LogP contribution >= 0.6 is 0 Å². The molecule has 1 aliphatic heterocycles. The van der Waals surface area contributed by atoms with Crippen molar-refractivity contribution < 1.29 is 4.74 Å². The topological polar surface area (TPSA) is 24.5 Å². The standard InChI is InChI=1S/C13H28N2O/c1-4-5-12(2)15(3)10-11-16-13-6-8-14-9-7-13/h12-14H,4-11H2,1-3H3. The SMILES string of the molecule is CCCC(C)N(C)CCOC1CCNCC1. The van der Waals surface area contributed by atoms with Crippen molar-refractivity contribution in [1.82, 2.24) is 10.2 Å². The first kappa shape index (κ1) is 13.9. The maximum atomic E-state index is 5.90. The summed E-state index contributed by atoms with van der Waals surface area (Å²) in [5.41, 5.74) is 0. The van der Waals surface area contributed by atoms with Crippen LogP contribution in [0.5, 0.6) is 0 Å². The van der Waals surface area contributed by atoms with E-state index in [1.165, 1.54) is 25.7 Å². The van der Waals surface area contributed by atoms with Gasteiger partial charge in [0.05, 0.1) is 12.7 Å². The molecule has 16 heavy (non-hydrogen) atoms. The molecule has 3 heteroatoms. The van der Waals surface area contributed by atoms with Gasteiger partial charge in [-0.15, -0.1) is 0 Å². The second-order valence-electron chi connectivity index (χ2n) is 4.94. The highest BCUT2D eigenvalue weighted by Crippen LogP contribution is 2.08. The highest BCUT2D eigenvalue weighted by atomic mass is 16.5. The summed E-state index contributed by atoms with van der Waals surface area (Å²) in [6.07, 6.45) is 5.39. The Bertz CT molecular complexity index is 169. The molecule has 0 aromatic rings. The van der Waals surface area contributed by atoms with Crippen LogP contribution in [0.25, 0.3) is 0 Å². The minimum Gasteiger partial charge on any atom is -0.377 e. The van der Waals surface area contributed by atoms with Crippen molar-refractivity contribution in [2.24, 2.45) is 0 Å². The molecule has 96 valence electrons. The van der Waals surface area contributed by atoms with E-state index in [1.54, 1.807) is 0 Å². The maximum absolute atomic E-state index is 5.90. The van der Waals surface area contributed by atoms with Gasteiger partial charge in [0.1, 0.15) is 0 Å². The van der Waals surface area contributed by atoms with Crippen LogP contribution in [0.3, 0.4) is 0 Å². The van der Waals surface area contributed by atoms with E-state index in [4.69, 9.17) is 4.74 Å². The Morgan fingerprint density at radius 3 is 2.69 bits per heavy atom. The lowest BCUT2D eigenvalue weighted by Gasteiger charge is -2.27. The zero-order chi connectivity index (χ0) is 11.8. The molecule has 0 aliphatic carbocycles. The van der Waals surface area contributed by atoms with Crippen molar-refractivity contribution in [3.05, 3.63) is 0 Å². The van der Waals surface area contributed by atoms with Gasteiger partial charge in [0, 0.05) is 12.6 Å². The fraction of sp³-hybridized carbons (Fsp3) is 1.00. The van der Waals surface area contributed by atoms with Gasteiger partial charge in [0.25, 0.3) is 0 Å². The summed E-state index contributed by atoms with van der Waals surface area (Å²) < 4.78 is 5.90. The Morgan fingerprint density at radius 2 is 2.06 bits per heavy atom. The minimum atomic E-state index is 0.496. The van der Waals surface area contributed by atoms with Crippen LogP contribution in [-0.2, 0) is 4.74 Å². The summed E-state index contributed by atoms with van der Waals surface area (Å²) in [5.74, 6) is 0. The van der Waals surface area contributed by atoms with Gasteiger partial charge in [-0.3, -0.25) is 0 Å². The quantitative estimate of drug-likeness (QED) is 0.720. The number of nitrogens with one attached hydrogen (secondary N) is 1. The molecule has 0 aromatic heterocycles. The molecule has 1 aliphatic rings. The van der Waals surface area contributed by atoms with Crippen molar-refractivity contribution in [1.29, 1.82) is 0 Å². The second-order valence-corrected chi connectivity index (χ2v) is 4.94. The average molecular weight is 228 g/mol. The van der Waals surface area contributed by atoms with Crippen LogP contribution in [-0.4, -0.2) is 50.3 Å². The molecule has 1 atom stereocenters. The lowest BCUT2D eigenvalue weighted by molar-refractivity contribution is 0.0187. The van der Waals surface area contributed by atoms with E-state index in [9.17, 15) is 0 Å². The van der Waals surface area contributed by atoms with Crippen molar-refractivity contribution in [3.63, 3.8) is 0 Å². The van der Waals surface area contributed by atoms with Gasteiger partial charge in [-0.1, -0.05) is 13.3 Å². The molecule has 0 spiro atoms. The third-order valence-electron chi connectivity index (χ3n) is 3.54. The van der Waals surface area contributed by atoms with Crippen LogP contribution in [0, 0.1) is 0 Å². The zero-order valence-corrected chi connectivity index (χ0v) is 11.2. The Morgan fingerprint density at radius 1 is 1.38 bits per heavy atom.